The second-order valence-corrected chi connectivity index (χ2v) is 13.6. The van der Waals surface area contributed by atoms with Crippen molar-refractivity contribution in [2.24, 2.45) is 5.92 Å². The van der Waals surface area contributed by atoms with Crippen molar-refractivity contribution in [1.29, 1.82) is 0 Å². The quantitative estimate of drug-likeness (QED) is 0.324. The van der Waals surface area contributed by atoms with Gasteiger partial charge >= 0.3 is 12.1 Å². The van der Waals surface area contributed by atoms with E-state index in [4.69, 9.17) is 9.47 Å². The van der Waals surface area contributed by atoms with Gasteiger partial charge in [0.25, 0.3) is 0 Å². The highest BCUT2D eigenvalue weighted by Crippen LogP contribution is 2.41. The summed E-state index contributed by atoms with van der Waals surface area (Å²) in [5.41, 5.74) is 0.235. The van der Waals surface area contributed by atoms with Gasteiger partial charge in [-0.2, -0.15) is 0 Å². The van der Waals surface area contributed by atoms with Crippen molar-refractivity contribution in [3.05, 3.63) is 65.2 Å². The molecule has 0 aliphatic heterocycles. The van der Waals surface area contributed by atoms with Crippen LogP contribution in [0.3, 0.4) is 0 Å². The number of esters is 1. The number of rotatable bonds is 10. The SMILES string of the molecule is Cc1cc(C(C(=O)NC(Cc2ccccc2)C(=O)OC(C)(C)C)N(C(=O)C(C)NC(=O)OC(C)(C)C)C2CC2C)ccc1O. The number of benzene rings is 2. The Labute approximate surface area is 260 Å². The van der Waals surface area contributed by atoms with Gasteiger partial charge in [-0.3, -0.25) is 9.59 Å². The number of ether oxygens (including phenoxy) is 2. The molecule has 0 spiro atoms. The number of hydrogen-bond acceptors (Lipinski definition) is 7. The largest absolute Gasteiger partial charge is 0.508 e. The predicted octanol–water partition coefficient (Wildman–Crippen LogP) is 4.96. The fourth-order valence-electron chi connectivity index (χ4n) is 4.90. The van der Waals surface area contributed by atoms with Crippen LogP contribution in [0.15, 0.2) is 48.5 Å². The van der Waals surface area contributed by atoms with E-state index in [1.807, 2.05) is 37.3 Å². The van der Waals surface area contributed by atoms with Crippen LogP contribution in [0, 0.1) is 12.8 Å². The Hall–Kier alpha value is -4.08. The molecular formula is C34H47N3O7. The van der Waals surface area contributed by atoms with Crippen molar-refractivity contribution in [3.63, 3.8) is 0 Å². The van der Waals surface area contributed by atoms with Crippen molar-refractivity contribution in [2.45, 2.75) is 111 Å². The molecule has 1 fully saturated rings. The Morgan fingerprint density at radius 2 is 1.55 bits per heavy atom. The molecule has 10 heteroatoms. The Bertz CT molecular complexity index is 1350. The monoisotopic (exact) mass is 609 g/mol. The second kappa shape index (κ2) is 13.7. The molecule has 5 unspecified atom stereocenters. The van der Waals surface area contributed by atoms with Gasteiger partial charge in [-0.15, -0.1) is 0 Å². The molecule has 1 aliphatic rings. The van der Waals surface area contributed by atoms with E-state index >= 15 is 0 Å². The number of hydrogen-bond donors (Lipinski definition) is 3. The van der Waals surface area contributed by atoms with Crippen molar-refractivity contribution in [1.82, 2.24) is 15.5 Å². The third-order valence-corrected chi connectivity index (χ3v) is 7.14. The minimum Gasteiger partial charge on any atom is -0.508 e. The van der Waals surface area contributed by atoms with Gasteiger partial charge in [-0.05, 0) is 96.6 Å². The molecule has 44 heavy (non-hydrogen) atoms. The van der Waals surface area contributed by atoms with Gasteiger partial charge in [0.2, 0.25) is 11.8 Å². The molecule has 240 valence electrons. The van der Waals surface area contributed by atoms with Gasteiger partial charge < -0.3 is 30.1 Å². The molecule has 0 saturated heterocycles. The number of amides is 3. The number of carbonyl (C=O) groups is 4. The van der Waals surface area contributed by atoms with E-state index in [1.54, 1.807) is 67.5 Å². The summed E-state index contributed by atoms with van der Waals surface area (Å²) in [7, 11) is 0. The van der Waals surface area contributed by atoms with Gasteiger partial charge in [0.05, 0.1) is 0 Å². The number of phenolic OH excluding ortho intramolecular Hbond substituents is 1. The maximum absolute atomic E-state index is 14.3. The number of carbonyl (C=O) groups excluding carboxylic acids is 4. The highest BCUT2D eigenvalue weighted by Gasteiger charge is 2.48. The first-order valence-electron chi connectivity index (χ1n) is 15.0. The Morgan fingerprint density at radius 3 is 2.07 bits per heavy atom. The third-order valence-electron chi connectivity index (χ3n) is 7.14. The molecule has 1 aliphatic carbocycles. The normalized spacial score (nSPS) is 18.3. The Kier molecular flexibility index (Phi) is 10.7. The summed E-state index contributed by atoms with van der Waals surface area (Å²) >= 11 is 0. The topological polar surface area (TPSA) is 134 Å². The van der Waals surface area contributed by atoms with Crippen LogP contribution >= 0.6 is 0 Å². The van der Waals surface area contributed by atoms with Crippen LogP contribution in [0.1, 0.15) is 84.5 Å². The van der Waals surface area contributed by atoms with E-state index in [1.165, 1.54) is 11.0 Å². The smallest absolute Gasteiger partial charge is 0.408 e. The van der Waals surface area contributed by atoms with Crippen LogP contribution in [0.5, 0.6) is 5.75 Å². The lowest BCUT2D eigenvalue weighted by molar-refractivity contribution is -0.159. The summed E-state index contributed by atoms with van der Waals surface area (Å²) in [5, 5.41) is 15.7. The number of aromatic hydroxyl groups is 1. The van der Waals surface area contributed by atoms with E-state index in [0.29, 0.717) is 17.5 Å². The molecule has 1 saturated carbocycles. The maximum Gasteiger partial charge on any atom is 0.408 e. The number of alkyl carbamates (subject to hydrolysis) is 1. The zero-order chi connectivity index (χ0) is 33.0. The second-order valence-electron chi connectivity index (χ2n) is 13.6. The lowest BCUT2D eigenvalue weighted by Gasteiger charge is -2.35. The number of nitrogens with one attached hydrogen (secondary N) is 2. The van der Waals surface area contributed by atoms with Crippen LogP contribution in [-0.2, 0) is 30.3 Å². The van der Waals surface area contributed by atoms with E-state index in [9.17, 15) is 24.3 Å². The fourth-order valence-corrected chi connectivity index (χ4v) is 4.90. The molecule has 0 heterocycles. The first kappa shape index (κ1) is 34.4. The number of nitrogens with zero attached hydrogens (tertiary/aromatic N) is 1. The molecule has 3 rings (SSSR count). The average molecular weight is 610 g/mol. The first-order chi connectivity index (χ1) is 20.4. The standard InChI is InChI=1S/C34H47N3O7/c1-20-18-26(20)37(30(40)22(3)35-32(42)44-34(7,8)9)28(24-15-16-27(38)21(2)17-24)29(39)36-25(31(41)43-33(4,5)6)19-23-13-11-10-12-14-23/h10-17,20,22,25-26,28,38H,18-19H2,1-9H3,(H,35,42)(H,36,39). The van der Waals surface area contributed by atoms with Crippen molar-refractivity contribution in [3.8, 4) is 5.75 Å². The van der Waals surface area contributed by atoms with Crippen LogP contribution in [-0.4, -0.2) is 63.2 Å². The molecule has 3 amide bonds. The summed E-state index contributed by atoms with van der Waals surface area (Å²) in [6, 6.07) is 10.5. The minimum absolute atomic E-state index is 0.0428. The summed E-state index contributed by atoms with van der Waals surface area (Å²) in [5.74, 6) is -1.52. The molecule has 3 N–H and O–H groups in total. The van der Waals surface area contributed by atoms with Crippen LogP contribution in [0.2, 0.25) is 0 Å². The number of aryl methyl sites for hydroxylation is 1. The van der Waals surface area contributed by atoms with Crippen molar-refractivity contribution >= 4 is 23.9 Å². The first-order valence-corrected chi connectivity index (χ1v) is 15.0. The average Bonchev–Trinajstić information content (AvgIpc) is 3.62. The van der Waals surface area contributed by atoms with Gasteiger partial charge in [0.1, 0.15) is 35.1 Å². The molecule has 2 aromatic carbocycles. The molecule has 10 nitrogen and oxygen atoms in total. The Balaban J connectivity index is 2.02. The van der Waals surface area contributed by atoms with Crippen LogP contribution < -0.4 is 10.6 Å². The van der Waals surface area contributed by atoms with Crippen LogP contribution in [0.4, 0.5) is 4.79 Å². The van der Waals surface area contributed by atoms with Gasteiger partial charge in [0, 0.05) is 12.5 Å². The van der Waals surface area contributed by atoms with Crippen molar-refractivity contribution < 1.29 is 33.8 Å². The zero-order valence-corrected chi connectivity index (χ0v) is 27.3. The molecule has 0 aromatic heterocycles. The van der Waals surface area contributed by atoms with Gasteiger partial charge in [0.15, 0.2) is 0 Å². The molecule has 5 atom stereocenters. The van der Waals surface area contributed by atoms with Crippen molar-refractivity contribution in [2.75, 3.05) is 0 Å². The lowest BCUT2D eigenvalue weighted by atomic mass is 9.98. The molecular weight excluding hydrogens is 562 g/mol. The van der Waals surface area contributed by atoms with E-state index in [-0.39, 0.29) is 24.1 Å². The highest BCUT2D eigenvalue weighted by molar-refractivity contribution is 5.94. The van der Waals surface area contributed by atoms with E-state index < -0.39 is 53.2 Å². The van der Waals surface area contributed by atoms with Gasteiger partial charge in [-0.25, -0.2) is 9.59 Å². The maximum atomic E-state index is 14.3. The molecule has 0 radical (unpaired) electrons. The highest BCUT2D eigenvalue weighted by atomic mass is 16.6. The van der Waals surface area contributed by atoms with E-state index in [0.717, 1.165) is 5.56 Å². The fraction of sp³-hybridized carbons (Fsp3) is 0.529. The molecule has 0 bridgehead atoms. The van der Waals surface area contributed by atoms with Crippen LogP contribution in [0.25, 0.3) is 0 Å². The Morgan fingerprint density at radius 1 is 0.955 bits per heavy atom. The van der Waals surface area contributed by atoms with Gasteiger partial charge in [-0.1, -0.05) is 43.3 Å². The zero-order valence-electron chi connectivity index (χ0n) is 27.3. The van der Waals surface area contributed by atoms with E-state index in [2.05, 4.69) is 10.6 Å². The molecule has 2 aromatic rings. The summed E-state index contributed by atoms with van der Waals surface area (Å²) in [6.45, 7) is 15.6. The minimum atomic E-state index is -1.17. The third kappa shape index (κ3) is 9.72. The summed E-state index contributed by atoms with van der Waals surface area (Å²) in [4.78, 5) is 55.8. The summed E-state index contributed by atoms with van der Waals surface area (Å²) < 4.78 is 11.0. The number of phenols is 1. The summed E-state index contributed by atoms with van der Waals surface area (Å²) in [6.07, 6.45) is 0.0785. The lowest BCUT2D eigenvalue weighted by Crippen LogP contribution is -2.55. The predicted molar refractivity (Wildman–Crippen MR) is 167 cm³/mol.